The Balaban J connectivity index is 2.44. The normalized spacial score (nSPS) is 21.8. The zero-order valence-corrected chi connectivity index (χ0v) is 14.4. The van der Waals surface area contributed by atoms with Crippen LogP contribution in [0.2, 0.25) is 10.0 Å². The van der Waals surface area contributed by atoms with Gasteiger partial charge in [-0.15, -0.1) is 0 Å². The number of nitrogens with zero attached hydrogens (tertiary/aromatic N) is 1. The van der Waals surface area contributed by atoms with Gasteiger partial charge in [0.1, 0.15) is 4.90 Å². The van der Waals surface area contributed by atoms with Crippen molar-refractivity contribution in [3.63, 3.8) is 0 Å². The largest absolute Gasteiger partial charge is 0.244 e. The van der Waals surface area contributed by atoms with Gasteiger partial charge in [-0.1, -0.05) is 36.2 Å². The van der Waals surface area contributed by atoms with Crippen molar-refractivity contribution in [1.29, 1.82) is 0 Å². The monoisotopic (exact) mass is 371 g/mol. The first kappa shape index (κ1) is 17.0. The van der Waals surface area contributed by atoms with Gasteiger partial charge < -0.3 is 0 Å². The Labute approximate surface area is 134 Å². The van der Waals surface area contributed by atoms with Crippen LogP contribution in [0, 0.1) is 0 Å². The molecule has 0 bridgehead atoms. The Morgan fingerprint density at radius 3 is 2.52 bits per heavy atom. The number of sulfone groups is 1. The fraction of sp³-hybridized carbons (Fsp3) is 0.500. The summed E-state index contributed by atoms with van der Waals surface area (Å²) in [6, 6.07) is 3.81. The fourth-order valence-corrected chi connectivity index (χ4v) is 6.66. The lowest BCUT2D eigenvalue weighted by Crippen LogP contribution is -2.41. The van der Waals surface area contributed by atoms with Crippen LogP contribution in [-0.2, 0) is 19.9 Å². The highest BCUT2D eigenvalue weighted by Gasteiger charge is 2.38. The van der Waals surface area contributed by atoms with E-state index in [0.717, 1.165) is 0 Å². The standard InChI is InChI=1S/C12H15Cl2NO4S2/c1-2-15(9-6-7-20(16,17)8-9)21(18,19)11-5-3-4-10(13)12(11)14/h3-5,9H,2,6-8H2,1H3/t9-/m0/s1. The third-order valence-corrected chi connectivity index (χ3v) is 8.18. The second kappa shape index (κ2) is 6.04. The minimum absolute atomic E-state index is 0.00691. The van der Waals surface area contributed by atoms with E-state index >= 15 is 0 Å². The van der Waals surface area contributed by atoms with Gasteiger partial charge >= 0.3 is 0 Å². The highest BCUT2D eigenvalue weighted by molar-refractivity contribution is 7.92. The number of sulfonamides is 1. The van der Waals surface area contributed by atoms with E-state index in [2.05, 4.69) is 0 Å². The Bertz CT molecular complexity index is 747. The summed E-state index contributed by atoms with van der Waals surface area (Å²) in [7, 11) is -7.06. The zero-order chi connectivity index (χ0) is 15.8. The summed E-state index contributed by atoms with van der Waals surface area (Å²) in [5.74, 6) is -0.148. The molecule has 0 radical (unpaired) electrons. The van der Waals surface area contributed by atoms with Crippen molar-refractivity contribution in [2.75, 3.05) is 18.1 Å². The zero-order valence-electron chi connectivity index (χ0n) is 11.3. The van der Waals surface area contributed by atoms with E-state index in [0.29, 0.717) is 6.42 Å². The molecular formula is C12H15Cl2NO4S2. The average Bonchev–Trinajstić information content (AvgIpc) is 2.73. The summed E-state index contributed by atoms with van der Waals surface area (Å²) in [6.07, 6.45) is 0.299. The van der Waals surface area contributed by atoms with Crippen LogP contribution in [0.1, 0.15) is 13.3 Å². The Hall–Kier alpha value is -0.340. The predicted octanol–water partition coefficient (Wildman–Crippen LogP) is 2.19. The lowest BCUT2D eigenvalue weighted by Gasteiger charge is -2.26. The number of hydrogen-bond acceptors (Lipinski definition) is 4. The molecule has 5 nitrogen and oxygen atoms in total. The smallest absolute Gasteiger partial charge is 0.229 e. The average molecular weight is 372 g/mol. The molecule has 9 heteroatoms. The molecule has 0 N–H and O–H groups in total. The van der Waals surface area contributed by atoms with Gasteiger partial charge in [-0.3, -0.25) is 0 Å². The number of benzene rings is 1. The first-order valence-electron chi connectivity index (χ1n) is 6.35. The van der Waals surface area contributed by atoms with Gasteiger partial charge in [0.05, 0.1) is 21.6 Å². The van der Waals surface area contributed by atoms with E-state index in [9.17, 15) is 16.8 Å². The molecular weight excluding hydrogens is 357 g/mol. The first-order chi connectivity index (χ1) is 9.69. The highest BCUT2D eigenvalue weighted by Crippen LogP contribution is 2.33. The summed E-state index contributed by atoms with van der Waals surface area (Å²) < 4.78 is 49.8. The van der Waals surface area contributed by atoms with E-state index in [-0.39, 0.29) is 33.0 Å². The fourth-order valence-electron chi connectivity index (χ4n) is 2.44. The number of rotatable bonds is 4. The maximum atomic E-state index is 12.7. The SMILES string of the molecule is CCN([C@H]1CCS(=O)(=O)C1)S(=O)(=O)c1cccc(Cl)c1Cl. The molecule has 0 spiro atoms. The van der Waals surface area contributed by atoms with E-state index in [1.54, 1.807) is 6.92 Å². The van der Waals surface area contributed by atoms with Gasteiger partial charge in [-0.05, 0) is 18.6 Å². The molecule has 1 aliphatic rings. The number of hydrogen-bond donors (Lipinski definition) is 0. The summed E-state index contributed by atoms with van der Waals surface area (Å²) in [5.41, 5.74) is 0. The lowest BCUT2D eigenvalue weighted by molar-refractivity contribution is 0.354. The molecule has 0 unspecified atom stereocenters. The van der Waals surface area contributed by atoms with Crippen LogP contribution in [0.25, 0.3) is 0 Å². The summed E-state index contributed by atoms with van der Waals surface area (Å²) in [5, 5.41) is 0.103. The van der Waals surface area contributed by atoms with Crippen LogP contribution in [-0.4, -0.2) is 45.2 Å². The van der Waals surface area contributed by atoms with Crippen molar-refractivity contribution < 1.29 is 16.8 Å². The van der Waals surface area contributed by atoms with Crippen LogP contribution in [0.5, 0.6) is 0 Å². The van der Waals surface area contributed by atoms with Crippen LogP contribution in [0.4, 0.5) is 0 Å². The molecule has 118 valence electrons. The van der Waals surface area contributed by atoms with Crippen LogP contribution < -0.4 is 0 Å². The van der Waals surface area contributed by atoms with Gasteiger partial charge in [0.2, 0.25) is 10.0 Å². The molecule has 21 heavy (non-hydrogen) atoms. The molecule has 0 aromatic heterocycles. The minimum Gasteiger partial charge on any atom is -0.229 e. The van der Waals surface area contributed by atoms with Gasteiger partial charge in [0, 0.05) is 12.6 Å². The molecule has 2 rings (SSSR count). The Kier molecular flexibility index (Phi) is 4.90. The Morgan fingerprint density at radius 2 is 2.00 bits per heavy atom. The molecule has 1 heterocycles. The van der Waals surface area contributed by atoms with E-state index in [4.69, 9.17) is 23.2 Å². The highest BCUT2D eigenvalue weighted by atomic mass is 35.5. The second-order valence-electron chi connectivity index (χ2n) is 4.82. The second-order valence-corrected chi connectivity index (χ2v) is 9.69. The van der Waals surface area contributed by atoms with Crippen molar-refractivity contribution >= 4 is 43.1 Å². The van der Waals surface area contributed by atoms with E-state index in [1.807, 2.05) is 0 Å². The van der Waals surface area contributed by atoms with Crippen LogP contribution >= 0.6 is 23.2 Å². The maximum absolute atomic E-state index is 12.7. The van der Waals surface area contributed by atoms with Crippen molar-refractivity contribution in [3.05, 3.63) is 28.2 Å². The third kappa shape index (κ3) is 3.37. The molecule has 1 aromatic carbocycles. The number of halogens is 2. The van der Waals surface area contributed by atoms with Gasteiger partial charge in [-0.25, -0.2) is 16.8 Å². The summed E-state index contributed by atoms with van der Waals surface area (Å²) in [6.45, 7) is 1.84. The van der Waals surface area contributed by atoms with Crippen LogP contribution in [0.15, 0.2) is 23.1 Å². The lowest BCUT2D eigenvalue weighted by atomic mass is 10.3. The van der Waals surface area contributed by atoms with E-state index in [1.165, 1.54) is 22.5 Å². The summed E-state index contributed by atoms with van der Waals surface area (Å²) >= 11 is 11.8. The van der Waals surface area contributed by atoms with Gasteiger partial charge in [0.15, 0.2) is 9.84 Å². The van der Waals surface area contributed by atoms with Crippen molar-refractivity contribution in [2.24, 2.45) is 0 Å². The topological polar surface area (TPSA) is 71.5 Å². The van der Waals surface area contributed by atoms with E-state index < -0.39 is 25.9 Å². The molecule has 0 aliphatic carbocycles. The molecule has 1 atom stereocenters. The molecule has 1 aliphatic heterocycles. The molecule has 0 amide bonds. The molecule has 1 aromatic rings. The van der Waals surface area contributed by atoms with Gasteiger partial charge in [-0.2, -0.15) is 4.31 Å². The maximum Gasteiger partial charge on any atom is 0.244 e. The minimum atomic E-state index is -3.89. The molecule has 0 saturated carbocycles. The molecule has 1 fully saturated rings. The predicted molar refractivity (Wildman–Crippen MR) is 83.1 cm³/mol. The quantitative estimate of drug-likeness (QED) is 0.812. The molecule has 1 saturated heterocycles. The van der Waals surface area contributed by atoms with Crippen molar-refractivity contribution in [2.45, 2.75) is 24.3 Å². The van der Waals surface area contributed by atoms with Gasteiger partial charge in [0.25, 0.3) is 0 Å². The third-order valence-electron chi connectivity index (χ3n) is 3.43. The summed E-state index contributed by atoms with van der Waals surface area (Å²) in [4.78, 5) is -0.0946. The van der Waals surface area contributed by atoms with Crippen LogP contribution in [0.3, 0.4) is 0 Å². The van der Waals surface area contributed by atoms with Crippen molar-refractivity contribution in [3.8, 4) is 0 Å². The first-order valence-corrected chi connectivity index (χ1v) is 10.4. The van der Waals surface area contributed by atoms with Crippen molar-refractivity contribution in [1.82, 2.24) is 4.31 Å². The Morgan fingerprint density at radius 1 is 1.33 bits per heavy atom.